The molecule has 0 saturated carbocycles. The number of hydrogen-bond acceptors (Lipinski definition) is 11. The summed E-state index contributed by atoms with van der Waals surface area (Å²) in [5.74, 6) is -0.934. The first-order valence-electron chi connectivity index (χ1n) is 17.3. The van der Waals surface area contributed by atoms with E-state index < -0.39 is 73.4 Å². The van der Waals surface area contributed by atoms with Crippen molar-refractivity contribution >= 4 is 33.9 Å². The molecule has 0 aliphatic rings. The highest BCUT2D eigenvalue weighted by molar-refractivity contribution is 7.89. The fourth-order valence-electron chi connectivity index (χ4n) is 5.08. The number of esters is 1. The van der Waals surface area contributed by atoms with Gasteiger partial charge in [0.15, 0.2) is 4.90 Å². The average molecular weight is 768 g/mol. The van der Waals surface area contributed by atoms with Crippen molar-refractivity contribution in [3.8, 4) is 5.75 Å². The number of para-hydroxylation sites is 1. The number of amides is 2. The summed E-state index contributed by atoms with van der Waals surface area (Å²) < 4.78 is 50.0. The van der Waals surface area contributed by atoms with Crippen molar-refractivity contribution in [2.45, 2.75) is 89.6 Å². The molecular formula is C39H49N3O11S. The van der Waals surface area contributed by atoms with Crippen LogP contribution in [0.4, 0.5) is 15.3 Å². The summed E-state index contributed by atoms with van der Waals surface area (Å²) in [5, 5.41) is 14.6. The maximum Gasteiger partial charge on any atom is 0.424 e. The van der Waals surface area contributed by atoms with Gasteiger partial charge >= 0.3 is 18.2 Å². The van der Waals surface area contributed by atoms with Crippen LogP contribution in [-0.4, -0.2) is 66.7 Å². The molecule has 1 N–H and O–H groups in total. The van der Waals surface area contributed by atoms with E-state index in [1.54, 1.807) is 103 Å². The molecule has 3 aromatic carbocycles. The van der Waals surface area contributed by atoms with Crippen molar-refractivity contribution in [1.82, 2.24) is 9.62 Å². The van der Waals surface area contributed by atoms with Crippen molar-refractivity contribution in [3.05, 3.63) is 112 Å². The Morgan fingerprint density at radius 1 is 0.852 bits per heavy atom. The number of hydrogen-bond donors (Lipinski definition) is 1. The predicted molar refractivity (Wildman–Crippen MR) is 201 cm³/mol. The smallest absolute Gasteiger partial charge is 0.424 e. The molecule has 0 spiro atoms. The number of alkyl carbamates (subject to hydrolysis) is 1. The van der Waals surface area contributed by atoms with Crippen LogP contribution in [0.1, 0.15) is 65.5 Å². The highest BCUT2D eigenvalue weighted by atomic mass is 32.2. The van der Waals surface area contributed by atoms with Gasteiger partial charge in [-0.15, -0.1) is 0 Å². The van der Waals surface area contributed by atoms with E-state index >= 15 is 0 Å². The number of benzene rings is 3. The van der Waals surface area contributed by atoms with Gasteiger partial charge < -0.3 is 24.3 Å². The lowest BCUT2D eigenvalue weighted by molar-refractivity contribution is -0.387. The Morgan fingerprint density at radius 3 is 2.06 bits per heavy atom. The number of nitro groups is 1. The van der Waals surface area contributed by atoms with Crippen LogP contribution in [0.15, 0.2) is 95.9 Å². The zero-order valence-corrected chi connectivity index (χ0v) is 32.5. The van der Waals surface area contributed by atoms with Crippen LogP contribution in [0.2, 0.25) is 0 Å². The third-order valence-electron chi connectivity index (χ3n) is 7.52. The van der Waals surface area contributed by atoms with Gasteiger partial charge in [0.1, 0.15) is 23.6 Å². The molecule has 292 valence electrons. The third-order valence-corrected chi connectivity index (χ3v) is 9.33. The summed E-state index contributed by atoms with van der Waals surface area (Å²) in [6.07, 6.45) is 1.51. The van der Waals surface area contributed by atoms with Crippen LogP contribution in [0.5, 0.6) is 5.75 Å². The second kappa shape index (κ2) is 19.1. The van der Waals surface area contributed by atoms with E-state index in [9.17, 15) is 32.9 Å². The number of carbonyl (C=O) groups excluding carboxylic acids is 3. The standard InChI is InChI=1S/C39H49N3O11S/c1-38(2,3)52-35(43)30(21-22-31(40-36(44)53-39(4,5)6)26-28-19-23-32(50-7)24-20-28)16-13-25-41(37(45)51-27-29-14-9-8-10-15-29)54(48,49)34-18-12-11-17-33(34)42(46)47/h8-12,14-15,17-24,30-31H,13,16,25-27H2,1-7H3,(H,40,44)/b22-21+/t30-,31+/m1/s1. The number of sulfonamides is 1. The SMILES string of the molecule is COc1ccc(C[C@H](/C=C/[C@@H](CCCN(C(=O)OCc2ccccc2)S(=O)(=O)c2ccccc2[N+](=O)[O-])C(=O)OC(C)(C)C)NC(=O)OC(C)(C)C)cc1. The molecule has 0 bridgehead atoms. The van der Waals surface area contributed by atoms with Crippen molar-refractivity contribution < 1.29 is 46.7 Å². The maximum absolute atomic E-state index is 13.9. The van der Waals surface area contributed by atoms with Gasteiger partial charge in [0.25, 0.3) is 15.7 Å². The van der Waals surface area contributed by atoms with Crippen molar-refractivity contribution in [2.75, 3.05) is 13.7 Å². The van der Waals surface area contributed by atoms with Crippen molar-refractivity contribution in [3.63, 3.8) is 0 Å². The molecule has 2 atom stereocenters. The second-order valence-electron chi connectivity index (χ2n) is 14.3. The van der Waals surface area contributed by atoms with E-state index in [1.165, 1.54) is 12.1 Å². The molecule has 0 aliphatic heterocycles. The Kier molecular flexibility index (Phi) is 15.2. The number of carbonyl (C=O) groups is 3. The number of rotatable bonds is 16. The highest BCUT2D eigenvalue weighted by Crippen LogP contribution is 2.28. The van der Waals surface area contributed by atoms with Gasteiger partial charge in [-0.05, 0) is 90.1 Å². The normalized spacial score (nSPS) is 13.0. The van der Waals surface area contributed by atoms with E-state index in [-0.39, 0.29) is 19.4 Å². The number of methoxy groups -OCH3 is 1. The van der Waals surface area contributed by atoms with E-state index in [0.717, 1.165) is 17.7 Å². The van der Waals surface area contributed by atoms with Gasteiger partial charge in [-0.3, -0.25) is 14.9 Å². The van der Waals surface area contributed by atoms with E-state index in [0.29, 0.717) is 22.0 Å². The molecule has 14 nitrogen and oxygen atoms in total. The molecule has 0 aliphatic carbocycles. The summed E-state index contributed by atoms with van der Waals surface area (Å²) in [7, 11) is -3.26. The minimum Gasteiger partial charge on any atom is -0.497 e. The van der Waals surface area contributed by atoms with Crippen LogP contribution in [0, 0.1) is 16.0 Å². The Labute approximate surface area is 316 Å². The molecule has 2 amide bonds. The largest absolute Gasteiger partial charge is 0.497 e. The van der Waals surface area contributed by atoms with Gasteiger partial charge in [0, 0.05) is 12.6 Å². The zero-order chi connectivity index (χ0) is 40.1. The average Bonchev–Trinajstić information content (AvgIpc) is 3.09. The van der Waals surface area contributed by atoms with Gasteiger partial charge in [-0.2, -0.15) is 0 Å². The molecule has 0 aromatic heterocycles. The number of ether oxygens (including phenoxy) is 4. The molecule has 54 heavy (non-hydrogen) atoms. The molecule has 0 fully saturated rings. The van der Waals surface area contributed by atoms with Crippen LogP contribution in [0.25, 0.3) is 0 Å². The van der Waals surface area contributed by atoms with Gasteiger partial charge in [-0.1, -0.05) is 66.7 Å². The zero-order valence-electron chi connectivity index (χ0n) is 31.6. The Balaban J connectivity index is 1.93. The topological polar surface area (TPSA) is 181 Å². The summed E-state index contributed by atoms with van der Waals surface area (Å²) >= 11 is 0. The summed E-state index contributed by atoms with van der Waals surface area (Å²) in [5.41, 5.74) is -0.920. The summed E-state index contributed by atoms with van der Waals surface area (Å²) in [6.45, 7) is 9.56. The first-order chi connectivity index (χ1) is 25.3. The molecule has 3 rings (SSSR count). The third kappa shape index (κ3) is 13.8. The molecule has 0 saturated heterocycles. The molecule has 3 aromatic rings. The Hall–Kier alpha value is -5.44. The lowest BCUT2D eigenvalue weighted by Gasteiger charge is -2.25. The molecule has 0 radical (unpaired) electrons. The maximum atomic E-state index is 13.9. The first-order valence-corrected chi connectivity index (χ1v) is 18.7. The minimum atomic E-state index is -4.81. The number of nitrogens with one attached hydrogen (secondary N) is 1. The Morgan fingerprint density at radius 2 is 1.46 bits per heavy atom. The van der Waals surface area contributed by atoms with Crippen molar-refractivity contribution in [1.29, 1.82) is 0 Å². The van der Waals surface area contributed by atoms with Gasteiger partial charge in [0.05, 0.1) is 24.0 Å². The fraction of sp³-hybridized carbons (Fsp3) is 0.410. The molecule has 0 unspecified atom stereocenters. The predicted octanol–water partition coefficient (Wildman–Crippen LogP) is 7.36. The van der Waals surface area contributed by atoms with E-state index in [2.05, 4.69) is 5.32 Å². The molecule has 15 heteroatoms. The minimum absolute atomic E-state index is 0.0119. The highest BCUT2D eigenvalue weighted by Gasteiger charge is 2.36. The van der Waals surface area contributed by atoms with E-state index in [4.69, 9.17) is 18.9 Å². The Bertz CT molecular complexity index is 1870. The van der Waals surface area contributed by atoms with Crippen LogP contribution < -0.4 is 10.1 Å². The first kappa shape index (κ1) is 43.0. The van der Waals surface area contributed by atoms with Crippen molar-refractivity contribution in [2.24, 2.45) is 5.92 Å². The lowest BCUT2D eigenvalue weighted by atomic mass is 9.99. The van der Waals surface area contributed by atoms with Gasteiger partial charge in [0.2, 0.25) is 0 Å². The van der Waals surface area contributed by atoms with E-state index in [1.807, 2.05) is 12.1 Å². The quantitative estimate of drug-likeness (QED) is 0.0506. The van der Waals surface area contributed by atoms with Crippen LogP contribution >= 0.6 is 0 Å². The number of nitro benzene ring substituents is 1. The lowest BCUT2D eigenvalue weighted by Crippen LogP contribution is -2.39. The van der Waals surface area contributed by atoms with Crippen LogP contribution in [0.3, 0.4) is 0 Å². The molecule has 0 heterocycles. The van der Waals surface area contributed by atoms with Crippen LogP contribution in [-0.2, 0) is 42.1 Å². The summed E-state index contributed by atoms with van der Waals surface area (Å²) in [4.78, 5) is 50.0. The number of nitrogens with zero attached hydrogens (tertiary/aromatic N) is 2. The van der Waals surface area contributed by atoms with Gasteiger partial charge in [-0.25, -0.2) is 22.3 Å². The fourth-order valence-corrected chi connectivity index (χ4v) is 6.59. The molecular weight excluding hydrogens is 719 g/mol. The monoisotopic (exact) mass is 767 g/mol. The summed E-state index contributed by atoms with van der Waals surface area (Å²) in [6, 6.07) is 19.9. The second-order valence-corrected chi connectivity index (χ2v) is 16.1.